The Morgan fingerprint density at radius 3 is 1.45 bits per heavy atom. The number of esters is 1. The molecule has 21 nitrogen and oxygen atoms in total. The first kappa shape index (κ1) is 62.9. The molecule has 0 unspecified atom stereocenters. The van der Waals surface area contributed by atoms with Crippen molar-refractivity contribution in [1.82, 2.24) is 25.2 Å². The fourth-order valence-electron chi connectivity index (χ4n) is 6.69. The molecule has 1 aliphatic heterocycles. The summed E-state index contributed by atoms with van der Waals surface area (Å²) in [7, 11) is 0. The molecule has 1 aromatic carbocycles. The number of benzene rings is 1. The van der Waals surface area contributed by atoms with E-state index in [9.17, 15) is 31.9 Å². The van der Waals surface area contributed by atoms with Crippen molar-refractivity contribution in [1.29, 1.82) is 0 Å². The van der Waals surface area contributed by atoms with Crippen LogP contribution in [0.5, 0.6) is 5.75 Å². The van der Waals surface area contributed by atoms with Gasteiger partial charge in [-0.05, 0) is 25.0 Å². The number of rotatable bonds is 42. The third-order valence-electron chi connectivity index (χ3n) is 10.4. The highest BCUT2D eigenvalue weighted by molar-refractivity contribution is 6.05. The number of carbonyl (C=O) groups is 3. The zero-order valence-electron chi connectivity index (χ0n) is 43.3. The van der Waals surface area contributed by atoms with Gasteiger partial charge in [-0.25, -0.2) is 23.7 Å². The van der Waals surface area contributed by atoms with Gasteiger partial charge in [-0.1, -0.05) is 13.8 Å². The highest BCUT2D eigenvalue weighted by Crippen LogP contribution is 2.30. The Balaban J connectivity index is 0.854. The predicted octanol–water partition coefficient (Wildman–Crippen LogP) is 4.69. The predicted molar refractivity (Wildman–Crippen MR) is 267 cm³/mol. The van der Waals surface area contributed by atoms with Gasteiger partial charge in [0, 0.05) is 67.3 Å². The van der Waals surface area contributed by atoms with Crippen LogP contribution in [0.25, 0.3) is 17.2 Å². The van der Waals surface area contributed by atoms with Crippen molar-refractivity contribution >= 4 is 35.4 Å². The minimum atomic E-state index is -1.80. The summed E-state index contributed by atoms with van der Waals surface area (Å²) in [6.45, 7) is 12.1. The quantitative estimate of drug-likeness (QED) is 0.0257. The number of pyridine rings is 1. The normalized spacial score (nSPS) is 12.2. The van der Waals surface area contributed by atoms with Crippen molar-refractivity contribution in [2.24, 2.45) is 10.7 Å². The van der Waals surface area contributed by atoms with E-state index in [-0.39, 0.29) is 70.3 Å². The molecule has 2 amide bonds. The molecule has 0 saturated heterocycles. The maximum atomic E-state index is 13.6. The fraction of sp³-hybridized carbons (Fsp3) is 0.588. The third kappa shape index (κ3) is 25.0. The molecular formula is C51H71F4N7O14. The van der Waals surface area contributed by atoms with Crippen LogP contribution < -0.4 is 15.8 Å². The van der Waals surface area contributed by atoms with E-state index in [1.807, 2.05) is 24.8 Å². The number of fused-ring (bicyclic) bond motifs is 1. The Morgan fingerprint density at radius 1 is 0.579 bits per heavy atom. The molecular weight excluding hydrogens is 1010 g/mol. The van der Waals surface area contributed by atoms with E-state index in [0.717, 1.165) is 18.4 Å². The zero-order valence-corrected chi connectivity index (χ0v) is 43.3. The highest BCUT2D eigenvalue weighted by Gasteiger charge is 2.24. The molecule has 422 valence electrons. The number of carbonyl (C=O) groups excluding carboxylic acids is 3. The molecule has 0 bridgehead atoms. The van der Waals surface area contributed by atoms with Gasteiger partial charge in [0.2, 0.25) is 29.2 Å². The molecule has 0 fully saturated rings. The van der Waals surface area contributed by atoms with Crippen LogP contribution in [0, 0.1) is 23.3 Å². The van der Waals surface area contributed by atoms with Crippen molar-refractivity contribution in [3.63, 3.8) is 0 Å². The van der Waals surface area contributed by atoms with E-state index in [0.29, 0.717) is 146 Å². The van der Waals surface area contributed by atoms with Crippen LogP contribution >= 0.6 is 0 Å². The molecule has 2 aromatic heterocycles. The number of hydrogen-bond donors (Lipinski definition) is 2. The minimum Gasteiger partial charge on any atom is -0.420 e. The lowest BCUT2D eigenvalue weighted by molar-refractivity contribution is -0.136. The van der Waals surface area contributed by atoms with Crippen LogP contribution in [0.4, 0.5) is 23.2 Å². The van der Waals surface area contributed by atoms with Crippen molar-refractivity contribution in [2.45, 2.75) is 52.5 Å². The Bertz CT molecular complexity index is 2220. The summed E-state index contributed by atoms with van der Waals surface area (Å²) >= 11 is 0. The van der Waals surface area contributed by atoms with Gasteiger partial charge in [-0.2, -0.15) is 8.78 Å². The monoisotopic (exact) mass is 1080 g/mol. The van der Waals surface area contributed by atoms with Crippen LogP contribution in [0.3, 0.4) is 0 Å². The van der Waals surface area contributed by atoms with Crippen LogP contribution in [-0.2, 0) is 68.3 Å². The zero-order chi connectivity index (χ0) is 54.6. The van der Waals surface area contributed by atoms with Gasteiger partial charge in [0.1, 0.15) is 11.7 Å². The molecule has 0 radical (unpaired) electrons. The molecule has 0 aliphatic carbocycles. The van der Waals surface area contributed by atoms with Crippen LogP contribution in [0.15, 0.2) is 41.3 Å². The van der Waals surface area contributed by atoms with Gasteiger partial charge in [-0.3, -0.25) is 19.4 Å². The minimum absolute atomic E-state index is 0.0139. The molecule has 25 heteroatoms. The number of nitrogens with two attached hydrogens (primary N) is 1. The standard InChI is InChI=1S/C51H71F4N7O14/c1-3-7-62(8-4-2)51(65)37-29-42-43(61-44(56)31-37)30-38(33-57-42)39-34-58-45(59-35-39)36-60-46(63)5-9-66-11-13-68-15-17-70-19-21-72-23-25-74-27-28-75-26-24-73-22-20-71-18-16-69-14-12-67-10-6-47(64)76-50-48(54)40(52)32-41(53)49(50)55/h29-30,32-35H,3-28,31,36H2,1-2H3,(H2,56,61)(H,60,63). The second kappa shape index (κ2) is 38.0. The molecule has 76 heavy (non-hydrogen) atoms. The van der Waals surface area contributed by atoms with Crippen molar-refractivity contribution < 1.29 is 84.1 Å². The Kier molecular flexibility index (Phi) is 31.5. The Morgan fingerprint density at radius 2 is 1.00 bits per heavy atom. The van der Waals surface area contributed by atoms with Gasteiger partial charge in [-0.15, -0.1) is 0 Å². The van der Waals surface area contributed by atoms with Gasteiger partial charge < -0.3 is 68.1 Å². The van der Waals surface area contributed by atoms with Gasteiger partial charge >= 0.3 is 5.97 Å². The summed E-state index contributed by atoms with van der Waals surface area (Å²) in [5, 5.41) is 2.80. The molecule has 0 atom stereocenters. The van der Waals surface area contributed by atoms with Crippen molar-refractivity contribution in [3.8, 4) is 16.9 Å². The number of nitrogens with zero attached hydrogens (tertiary/aromatic N) is 5. The Labute approximate surface area is 440 Å². The summed E-state index contributed by atoms with van der Waals surface area (Å²) in [5.41, 5.74) is 9.36. The highest BCUT2D eigenvalue weighted by atomic mass is 19.2. The van der Waals surface area contributed by atoms with Crippen LogP contribution in [0.2, 0.25) is 0 Å². The van der Waals surface area contributed by atoms with Crippen LogP contribution in [-0.4, -0.2) is 189 Å². The van der Waals surface area contributed by atoms with Gasteiger partial charge in [0.15, 0.2) is 11.6 Å². The largest absolute Gasteiger partial charge is 0.420 e. The molecule has 0 saturated carbocycles. The van der Waals surface area contributed by atoms with Gasteiger partial charge in [0.05, 0.1) is 156 Å². The van der Waals surface area contributed by atoms with E-state index < -0.39 is 41.4 Å². The number of aliphatic imine (C=N–C) groups is 1. The summed E-state index contributed by atoms with van der Waals surface area (Å²) in [6.07, 6.45) is 8.50. The van der Waals surface area contributed by atoms with E-state index in [4.69, 9.17) is 53.1 Å². The summed E-state index contributed by atoms with van der Waals surface area (Å²) in [5.74, 6) is -9.00. The number of ether oxygens (including phenoxy) is 11. The molecule has 3 aromatic rings. The second-order valence-corrected chi connectivity index (χ2v) is 16.4. The summed E-state index contributed by atoms with van der Waals surface area (Å²) < 4.78 is 112. The van der Waals surface area contributed by atoms with Crippen molar-refractivity contribution in [2.75, 3.05) is 145 Å². The average molecular weight is 1080 g/mol. The SMILES string of the molecule is CCCN(CCC)C(=O)C1=Cc2ncc(-c3cnc(CNC(=O)CCOCCOCCOCCOCCOCCOCCOCCOCCOCCOCCC(=O)Oc4c(F)c(F)cc(F)c4F)nc3)cc2N=C(N)C1. The maximum Gasteiger partial charge on any atom is 0.313 e. The number of aromatic nitrogens is 3. The number of hydrogen-bond acceptors (Lipinski definition) is 19. The smallest absolute Gasteiger partial charge is 0.313 e. The number of amides is 2. The summed E-state index contributed by atoms with van der Waals surface area (Å²) in [6, 6.07) is 1.86. The lowest BCUT2D eigenvalue weighted by Crippen LogP contribution is -2.34. The lowest BCUT2D eigenvalue weighted by Gasteiger charge is -2.22. The van der Waals surface area contributed by atoms with Crippen LogP contribution in [0.1, 0.15) is 57.5 Å². The van der Waals surface area contributed by atoms with E-state index in [2.05, 4.69) is 30.0 Å². The maximum absolute atomic E-state index is 13.6. The van der Waals surface area contributed by atoms with E-state index >= 15 is 0 Å². The molecule has 1 aliphatic rings. The van der Waals surface area contributed by atoms with E-state index in [1.165, 1.54) is 0 Å². The lowest BCUT2D eigenvalue weighted by atomic mass is 10.1. The fourth-order valence-corrected chi connectivity index (χ4v) is 6.69. The number of halogens is 4. The van der Waals surface area contributed by atoms with E-state index in [1.54, 1.807) is 24.7 Å². The molecule has 4 rings (SSSR count). The Hall–Kier alpha value is -5.61. The second-order valence-electron chi connectivity index (χ2n) is 16.4. The third-order valence-corrected chi connectivity index (χ3v) is 10.4. The number of nitrogens with one attached hydrogen (secondary N) is 1. The van der Waals surface area contributed by atoms with Gasteiger partial charge in [0.25, 0.3) is 0 Å². The molecule has 0 spiro atoms. The van der Waals surface area contributed by atoms with Crippen molar-refractivity contribution in [3.05, 3.63) is 71.1 Å². The average Bonchev–Trinajstić information content (AvgIpc) is 3.59. The number of amidine groups is 1. The molecule has 3 heterocycles. The first-order valence-electron chi connectivity index (χ1n) is 25.2. The topological polar surface area (TPSA) is 245 Å². The summed E-state index contributed by atoms with van der Waals surface area (Å²) in [4.78, 5) is 57.1. The first-order chi connectivity index (χ1) is 37.0. The molecule has 3 N–H and O–H groups in total. The first-order valence-corrected chi connectivity index (χ1v) is 25.2.